The Morgan fingerprint density at radius 3 is 2.87 bits per heavy atom. The molecule has 0 aliphatic carbocycles. The van der Waals surface area contributed by atoms with E-state index in [1.165, 1.54) is 4.88 Å². The lowest BCUT2D eigenvalue weighted by molar-refractivity contribution is 0.557. The van der Waals surface area contributed by atoms with Crippen molar-refractivity contribution < 1.29 is 8.42 Å². The van der Waals surface area contributed by atoms with Crippen molar-refractivity contribution in [1.29, 1.82) is 0 Å². The van der Waals surface area contributed by atoms with E-state index in [4.69, 9.17) is 0 Å². The average Bonchev–Trinajstić information content (AvgIpc) is 2.69. The van der Waals surface area contributed by atoms with Crippen molar-refractivity contribution in [2.24, 2.45) is 0 Å². The number of hydrogen-bond acceptors (Lipinski definition) is 4. The van der Waals surface area contributed by atoms with E-state index in [0.717, 1.165) is 16.8 Å². The topological polar surface area (TPSA) is 46.2 Å². The highest BCUT2D eigenvalue weighted by atomic mass is 79.9. The van der Waals surface area contributed by atoms with Gasteiger partial charge in [-0.05, 0) is 34.5 Å². The molecule has 1 atom stereocenters. The van der Waals surface area contributed by atoms with Crippen LogP contribution in [0.15, 0.2) is 15.9 Å². The summed E-state index contributed by atoms with van der Waals surface area (Å²) in [6, 6.07) is 4.19. The zero-order valence-electron chi connectivity index (χ0n) is 8.07. The van der Waals surface area contributed by atoms with Crippen LogP contribution in [0.5, 0.6) is 0 Å². The fraction of sp³-hybridized carbons (Fsp3) is 0.556. The van der Waals surface area contributed by atoms with Crippen LogP contribution in [0, 0.1) is 0 Å². The van der Waals surface area contributed by atoms with Crippen LogP contribution in [0.2, 0.25) is 0 Å². The summed E-state index contributed by atoms with van der Waals surface area (Å²) in [5, 5.41) is 3.28. The molecule has 1 saturated heterocycles. The van der Waals surface area contributed by atoms with Gasteiger partial charge in [0.15, 0.2) is 9.84 Å². The summed E-state index contributed by atoms with van der Waals surface area (Å²) in [5.41, 5.74) is 0. The molecule has 0 amide bonds. The third-order valence-corrected chi connectivity index (χ3v) is 5.82. The van der Waals surface area contributed by atoms with Gasteiger partial charge in [-0.3, -0.25) is 0 Å². The van der Waals surface area contributed by atoms with E-state index in [2.05, 4.69) is 21.2 Å². The summed E-state index contributed by atoms with van der Waals surface area (Å²) in [5.74, 6) is 0.623. The molecule has 1 aromatic rings. The Kier molecular flexibility index (Phi) is 3.49. The van der Waals surface area contributed by atoms with E-state index in [9.17, 15) is 8.42 Å². The molecule has 0 saturated carbocycles. The van der Waals surface area contributed by atoms with Crippen molar-refractivity contribution in [3.8, 4) is 0 Å². The normalized spacial score (nSPS) is 24.5. The van der Waals surface area contributed by atoms with Gasteiger partial charge < -0.3 is 5.32 Å². The number of hydrogen-bond donors (Lipinski definition) is 1. The summed E-state index contributed by atoms with van der Waals surface area (Å²) in [6.07, 6.45) is 0.745. The molecule has 1 N–H and O–H groups in total. The van der Waals surface area contributed by atoms with Crippen LogP contribution in [-0.2, 0) is 16.4 Å². The molecule has 2 rings (SSSR count). The van der Waals surface area contributed by atoms with Gasteiger partial charge in [-0.15, -0.1) is 11.3 Å². The summed E-state index contributed by atoms with van der Waals surface area (Å²) >= 11 is 5.07. The maximum Gasteiger partial charge on any atom is 0.151 e. The first kappa shape index (κ1) is 11.6. The lowest BCUT2D eigenvalue weighted by Gasteiger charge is -2.08. The largest absolute Gasteiger partial charge is 0.308 e. The molecule has 1 aliphatic heterocycles. The molecule has 2 heterocycles. The number of halogens is 1. The smallest absolute Gasteiger partial charge is 0.151 e. The standard InChI is InChI=1S/C9H12BrNO2S2/c10-9-2-1-8(14-9)5-11-7-3-4-15(12,13)6-7/h1-2,7,11H,3-6H2/t7-/m1/s1. The number of rotatable bonds is 3. The second-order valence-electron chi connectivity index (χ2n) is 3.69. The second-order valence-corrected chi connectivity index (χ2v) is 8.46. The quantitative estimate of drug-likeness (QED) is 0.926. The number of nitrogens with one attached hydrogen (secondary N) is 1. The van der Waals surface area contributed by atoms with E-state index >= 15 is 0 Å². The van der Waals surface area contributed by atoms with Crippen molar-refractivity contribution in [3.05, 3.63) is 20.8 Å². The SMILES string of the molecule is O=S1(=O)CC[C@@H](NCc2ccc(Br)s2)C1. The van der Waals surface area contributed by atoms with Crippen LogP contribution >= 0.6 is 27.3 Å². The van der Waals surface area contributed by atoms with E-state index in [-0.39, 0.29) is 6.04 Å². The van der Waals surface area contributed by atoms with E-state index in [1.807, 2.05) is 12.1 Å². The molecule has 0 unspecified atom stereocenters. The van der Waals surface area contributed by atoms with Crippen LogP contribution < -0.4 is 5.32 Å². The molecule has 3 nitrogen and oxygen atoms in total. The zero-order valence-corrected chi connectivity index (χ0v) is 11.3. The van der Waals surface area contributed by atoms with Crippen molar-refractivity contribution in [1.82, 2.24) is 5.32 Å². The molecule has 6 heteroatoms. The van der Waals surface area contributed by atoms with Gasteiger partial charge in [-0.1, -0.05) is 0 Å². The van der Waals surface area contributed by atoms with Gasteiger partial charge in [0.25, 0.3) is 0 Å². The average molecular weight is 310 g/mol. The third kappa shape index (κ3) is 3.27. The van der Waals surface area contributed by atoms with Gasteiger partial charge in [0.1, 0.15) is 0 Å². The highest BCUT2D eigenvalue weighted by Crippen LogP contribution is 2.22. The first-order chi connectivity index (χ1) is 7.05. The van der Waals surface area contributed by atoms with Crippen LogP contribution in [0.3, 0.4) is 0 Å². The van der Waals surface area contributed by atoms with E-state index in [0.29, 0.717) is 11.5 Å². The summed E-state index contributed by atoms with van der Waals surface area (Å²) in [7, 11) is -2.76. The number of sulfone groups is 1. The fourth-order valence-corrected chi connectivity index (χ4v) is 4.79. The van der Waals surface area contributed by atoms with Crippen LogP contribution in [0.4, 0.5) is 0 Å². The summed E-state index contributed by atoms with van der Waals surface area (Å²) in [4.78, 5) is 1.23. The lowest BCUT2D eigenvalue weighted by Crippen LogP contribution is -2.29. The van der Waals surface area contributed by atoms with Crippen molar-refractivity contribution in [2.45, 2.75) is 19.0 Å². The molecule has 84 valence electrons. The minimum Gasteiger partial charge on any atom is -0.308 e. The Morgan fingerprint density at radius 1 is 1.53 bits per heavy atom. The molecule has 0 bridgehead atoms. The van der Waals surface area contributed by atoms with Crippen LogP contribution in [-0.4, -0.2) is 26.0 Å². The highest BCUT2D eigenvalue weighted by Gasteiger charge is 2.27. The zero-order chi connectivity index (χ0) is 10.9. The summed E-state index contributed by atoms with van der Waals surface area (Å²) < 4.78 is 23.5. The Hall–Kier alpha value is 0.0900. The first-order valence-electron chi connectivity index (χ1n) is 4.73. The number of thiophene rings is 1. The van der Waals surface area contributed by atoms with Crippen molar-refractivity contribution >= 4 is 37.1 Å². The van der Waals surface area contributed by atoms with E-state index in [1.54, 1.807) is 11.3 Å². The van der Waals surface area contributed by atoms with Gasteiger partial charge in [0.2, 0.25) is 0 Å². The van der Waals surface area contributed by atoms with Crippen LogP contribution in [0.1, 0.15) is 11.3 Å². The third-order valence-electron chi connectivity index (χ3n) is 2.43. The maximum atomic E-state index is 11.2. The molecule has 1 fully saturated rings. The van der Waals surface area contributed by atoms with E-state index < -0.39 is 9.84 Å². The van der Waals surface area contributed by atoms with Crippen molar-refractivity contribution in [3.63, 3.8) is 0 Å². The molecule has 0 spiro atoms. The molecule has 1 aromatic heterocycles. The molecule has 15 heavy (non-hydrogen) atoms. The highest BCUT2D eigenvalue weighted by molar-refractivity contribution is 9.11. The minimum absolute atomic E-state index is 0.135. The molecule has 0 radical (unpaired) electrons. The fourth-order valence-electron chi connectivity index (χ4n) is 1.65. The molecule has 1 aliphatic rings. The Balaban J connectivity index is 1.85. The Bertz CT molecular complexity index is 441. The van der Waals surface area contributed by atoms with Gasteiger partial charge in [-0.2, -0.15) is 0 Å². The molecular formula is C9H12BrNO2S2. The lowest BCUT2D eigenvalue weighted by atomic mass is 10.2. The second kappa shape index (κ2) is 4.53. The van der Waals surface area contributed by atoms with Crippen LogP contribution in [0.25, 0.3) is 0 Å². The minimum atomic E-state index is -2.76. The molecule has 0 aromatic carbocycles. The predicted octanol–water partition coefficient (Wildman–Crippen LogP) is 1.79. The molecular weight excluding hydrogens is 298 g/mol. The summed E-state index contributed by atoms with van der Waals surface area (Å²) in [6.45, 7) is 0.760. The van der Waals surface area contributed by atoms with Crippen molar-refractivity contribution in [2.75, 3.05) is 11.5 Å². The predicted molar refractivity (Wildman–Crippen MR) is 65.9 cm³/mol. The van der Waals surface area contributed by atoms with Gasteiger partial charge in [0, 0.05) is 17.5 Å². The van der Waals surface area contributed by atoms with Gasteiger partial charge in [0.05, 0.1) is 15.3 Å². The first-order valence-corrected chi connectivity index (χ1v) is 8.16. The van der Waals surface area contributed by atoms with Gasteiger partial charge in [-0.25, -0.2) is 8.42 Å². The monoisotopic (exact) mass is 309 g/mol. The Labute approximate surface area is 102 Å². The Morgan fingerprint density at radius 2 is 2.33 bits per heavy atom. The van der Waals surface area contributed by atoms with Gasteiger partial charge >= 0.3 is 0 Å². The maximum absolute atomic E-state index is 11.2.